The van der Waals surface area contributed by atoms with Gasteiger partial charge in [-0.15, -0.1) is 0 Å². The number of hydrogen-bond acceptors (Lipinski definition) is 2. The van der Waals surface area contributed by atoms with Crippen molar-refractivity contribution in [3.8, 4) is 0 Å². The van der Waals surface area contributed by atoms with Crippen LogP contribution in [0.15, 0.2) is 0 Å². The quantitative estimate of drug-likeness (QED) is 0.469. The van der Waals surface area contributed by atoms with Crippen LogP contribution in [0.25, 0.3) is 0 Å². The van der Waals surface area contributed by atoms with Crippen LogP contribution in [0.4, 0.5) is 3.89 Å². The summed E-state index contributed by atoms with van der Waals surface area (Å²) in [6.45, 7) is 0. The summed E-state index contributed by atoms with van der Waals surface area (Å²) in [5.74, 6) is 0. The van der Waals surface area contributed by atoms with Crippen molar-refractivity contribution in [2.45, 2.75) is 0 Å². The second-order valence-corrected chi connectivity index (χ2v) is 1.69. The lowest BCUT2D eigenvalue weighted by molar-refractivity contribution is 0.950. The van der Waals surface area contributed by atoms with E-state index in [-0.39, 0.29) is 16.5 Å². The molecule has 0 spiro atoms. The topological polar surface area (TPSA) is 26.0 Å². The van der Waals surface area contributed by atoms with Crippen LogP contribution >= 0.6 is 24.4 Å². The largest absolute Gasteiger partial charge is 0.383 e. The Morgan fingerprint density at radius 3 is 2.20 bits per heavy atom. The third-order valence-electron chi connectivity index (χ3n) is 0.0760. The van der Waals surface area contributed by atoms with Gasteiger partial charge in [0.15, 0.2) is 4.32 Å². The summed E-state index contributed by atoms with van der Waals surface area (Å²) < 4.78 is 10.6. The minimum Gasteiger partial charge on any atom is -0.383 e. The highest BCUT2D eigenvalue weighted by atomic mass is 32.2. The van der Waals surface area contributed by atoms with Crippen LogP contribution in [0.2, 0.25) is 0 Å². The Balaban J connectivity index is 2.85. The van der Waals surface area contributed by atoms with Crippen molar-refractivity contribution < 1.29 is 3.89 Å². The van der Waals surface area contributed by atoms with Crippen molar-refractivity contribution in [1.29, 1.82) is 0 Å². The second-order valence-electron chi connectivity index (χ2n) is 0.396. The van der Waals surface area contributed by atoms with Crippen LogP contribution in [0.1, 0.15) is 0 Å². The molecule has 0 aliphatic rings. The van der Waals surface area contributed by atoms with Gasteiger partial charge in [0.25, 0.3) is 0 Å². The average Bonchev–Trinajstić information content (AvgIpc) is 1.38. The fourth-order valence-corrected chi connectivity index (χ4v) is 0. The third kappa shape index (κ3) is 4.17. The molecule has 0 atom stereocenters. The van der Waals surface area contributed by atoms with Crippen LogP contribution in [0, 0.1) is 0 Å². The smallest absolute Gasteiger partial charge is 0.164 e. The van der Waals surface area contributed by atoms with Crippen molar-refractivity contribution in [3.63, 3.8) is 0 Å². The maximum Gasteiger partial charge on any atom is 0.164 e. The SMILES string of the molecule is NC(=S)SF. The monoisotopic (exact) mass is 111 g/mol. The van der Waals surface area contributed by atoms with Gasteiger partial charge in [-0.25, -0.2) is 0 Å². The summed E-state index contributed by atoms with van der Waals surface area (Å²) in [6.07, 6.45) is 0. The summed E-state index contributed by atoms with van der Waals surface area (Å²) in [6, 6.07) is 0. The molecule has 0 aromatic rings. The highest BCUT2D eigenvalue weighted by Gasteiger charge is 1.78. The van der Waals surface area contributed by atoms with Crippen molar-refractivity contribution in [2.75, 3.05) is 0 Å². The third-order valence-corrected chi connectivity index (χ3v) is 0.417. The number of halogens is 1. The summed E-state index contributed by atoms with van der Waals surface area (Å²) in [4.78, 5) is 0. The lowest BCUT2D eigenvalue weighted by Gasteiger charge is -1.72. The normalized spacial score (nSPS) is 7.40. The van der Waals surface area contributed by atoms with Gasteiger partial charge in [0, 0.05) is 0 Å². The van der Waals surface area contributed by atoms with Gasteiger partial charge in [-0.1, -0.05) is 12.2 Å². The molecule has 5 heavy (non-hydrogen) atoms. The molecule has 0 aliphatic carbocycles. The predicted octanol–water partition coefficient (Wildman–Crippen LogP) is 0.848. The Labute approximate surface area is 39.0 Å². The Bertz CT molecular complexity index is 44.9. The lowest BCUT2D eigenvalue weighted by Crippen LogP contribution is -1.97. The average molecular weight is 111 g/mol. The molecule has 0 saturated heterocycles. The van der Waals surface area contributed by atoms with Gasteiger partial charge < -0.3 is 5.73 Å². The zero-order valence-electron chi connectivity index (χ0n) is 2.27. The molecular weight excluding hydrogens is 109 g/mol. The molecular formula is CH2FNS2. The molecule has 0 bridgehead atoms. The van der Waals surface area contributed by atoms with Gasteiger partial charge in [-0.05, 0) is 0 Å². The van der Waals surface area contributed by atoms with E-state index in [1.165, 1.54) is 0 Å². The first-order valence-corrected chi connectivity index (χ1v) is 1.98. The van der Waals surface area contributed by atoms with E-state index in [4.69, 9.17) is 0 Å². The number of thiocarbonyl (C=S) groups is 1. The molecule has 0 aromatic carbocycles. The van der Waals surface area contributed by atoms with Crippen LogP contribution in [0.3, 0.4) is 0 Å². The zero-order valence-corrected chi connectivity index (χ0v) is 3.90. The van der Waals surface area contributed by atoms with Gasteiger partial charge in [0.1, 0.15) is 12.1 Å². The Kier molecular flexibility index (Phi) is 2.49. The second kappa shape index (κ2) is 2.41. The highest BCUT2D eigenvalue weighted by molar-refractivity contribution is 8.19. The first-order chi connectivity index (χ1) is 2.27. The maximum absolute atomic E-state index is 10.8. The van der Waals surface area contributed by atoms with Crippen LogP contribution in [-0.2, 0) is 0 Å². The molecule has 1 nitrogen and oxygen atoms in total. The van der Waals surface area contributed by atoms with Crippen LogP contribution in [0.5, 0.6) is 0 Å². The Hall–Kier alpha value is 0.170. The number of rotatable bonds is 0. The van der Waals surface area contributed by atoms with Crippen LogP contribution in [-0.4, -0.2) is 4.32 Å². The van der Waals surface area contributed by atoms with E-state index in [9.17, 15) is 3.89 Å². The van der Waals surface area contributed by atoms with E-state index in [0.29, 0.717) is 0 Å². The van der Waals surface area contributed by atoms with Gasteiger partial charge in [0.05, 0.1) is 0 Å². The summed E-state index contributed by atoms with van der Waals surface area (Å²) >= 11 is 3.95. The summed E-state index contributed by atoms with van der Waals surface area (Å²) in [5, 5.41) is 0. The first-order valence-electron chi connectivity index (χ1n) is 0.851. The minimum atomic E-state index is -0.162. The molecule has 0 aromatic heterocycles. The molecule has 0 unspecified atom stereocenters. The van der Waals surface area contributed by atoms with Gasteiger partial charge >= 0.3 is 0 Å². The molecule has 0 fully saturated rings. The van der Waals surface area contributed by atoms with E-state index < -0.39 is 0 Å². The highest BCUT2D eigenvalue weighted by Crippen LogP contribution is 1.96. The molecule has 0 amide bonds. The summed E-state index contributed by atoms with van der Waals surface area (Å²) in [7, 11) is 0. The molecule has 4 heteroatoms. The van der Waals surface area contributed by atoms with Crippen LogP contribution < -0.4 is 5.73 Å². The molecule has 0 aliphatic heterocycles. The predicted molar refractivity (Wildman–Crippen MR) is 25.5 cm³/mol. The minimum absolute atomic E-state index is 0.111. The van der Waals surface area contributed by atoms with Crippen molar-refractivity contribution in [3.05, 3.63) is 0 Å². The standard InChI is InChI=1S/CH2FNS2/c2-5-1(3)4/h(H2,3,4). The first kappa shape index (κ1) is 5.17. The Morgan fingerprint density at radius 2 is 2.20 bits per heavy atom. The Morgan fingerprint density at radius 1 is 2.00 bits per heavy atom. The van der Waals surface area contributed by atoms with Crippen molar-refractivity contribution in [1.82, 2.24) is 0 Å². The lowest BCUT2D eigenvalue weighted by atomic mass is 11.5. The van der Waals surface area contributed by atoms with E-state index >= 15 is 0 Å². The van der Waals surface area contributed by atoms with Gasteiger partial charge in [-0.3, -0.25) is 0 Å². The number of nitrogens with two attached hydrogens (primary N) is 1. The van der Waals surface area contributed by atoms with Crippen molar-refractivity contribution in [2.24, 2.45) is 5.73 Å². The fourth-order valence-electron chi connectivity index (χ4n) is 0. The molecule has 2 N–H and O–H groups in total. The van der Waals surface area contributed by atoms with Crippen molar-refractivity contribution >= 4 is 28.7 Å². The summed E-state index contributed by atoms with van der Waals surface area (Å²) in [5.41, 5.74) is 4.61. The molecule has 0 heterocycles. The van der Waals surface area contributed by atoms with E-state index in [1.807, 2.05) is 0 Å². The molecule has 30 valence electrons. The molecule has 0 rings (SSSR count). The van der Waals surface area contributed by atoms with E-state index in [1.54, 1.807) is 0 Å². The maximum atomic E-state index is 10.8. The van der Waals surface area contributed by atoms with Gasteiger partial charge in [0.2, 0.25) is 0 Å². The zero-order chi connectivity index (χ0) is 4.28. The number of hydrogen-bond donors (Lipinski definition) is 1. The van der Waals surface area contributed by atoms with Gasteiger partial charge in [-0.2, -0.15) is 3.89 Å². The fraction of sp³-hybridized carbons (Fsp3) is 0. The van der Waals surface area contributed by atoms with E-state index in [2.05, 4.69) is 18.0 Å². The van der Waals surface area contributed by atoms with E-state index in [0.717, 1.165) is 0 Å². The molecule has 0 radical (unpaired) electrons. The molecule has 0 saturated carbocycles.